The molecule has 4 nitrogen and oxygen atoms in total. The summed E-state index contributed by atoms with van der Waals surface area (Å²) in [5.74, 6) is 3.19. The third-order valence-corrected chi connectivity index (χ3v) is 5.73. The lowest BCUT2D eigenvalue weighted by atomic mass is 9.98. The van der Waals surface area contributed by atoms with E-state index in [0.717, 1.165) is 25.6 Å². The molecule has 2 aliphatic heterocycles. The van der Waals surface area contributed by atoms with Gasteiger partial charge in [0.05, 0.1) is 6.54 Å². The first-order valence-electron chi connectivity index (χ1n) is 7.44. The quantitative estimate of drug-likeness (QED) is 0.632. The molecule has 0 aliphatic carbocycles. The van der Waals surface area contributed by atoms with Crippen molar-refractivity contribution in [3.8, 4) is 0 Å². The lowest BCUT2D eigenvalue weighted by molar-refractivity contribution is 0.189. The highest BCUT2D eigenvalue weighted by Crippen LogP contribution is 2.32. The molecule has 0 aromatic heterocycles. The van der Waals surface area contributed by atoms with Gasteiger partial charge in [-0.05, 0) is 39.1 Å². The van der Waals surface area contributed by atoms with E-state index in [4.69, 9.17) is 10.7 Å². The summed E-state index contributed by atoms with van der Waals surface area (Å²) in [6.45, 7) is 3.01. The summed E-state index contributed by atoms with van der Waals surface area (Å²) < 4.78 is 0. The Morgan fingerprint density at radius 3 is 2.47 bits per heavy atom. The average Bonchev–Trinajstić information content (AvgIpc) is 2.72. The topological polar surface area (TPSA) is 44.9 Å². The molecule has 0 radical (unpaired) electrons. The summed E-state index contributed by atoms with van der Waals surface area (Å²) in [6, 6.07) is 0. The predicted molar refractivity (Wildman–Crippen MR) is 84.9 cm³/mol. The molecule has 110 valence electrons. The minimum atomic E-state index is 0.223. The molecule has 0 aromatic rings. The molecule has 2 rings (SSSR count). The Labute approximate surface area is 121 Å². The van der Waals surface area contributed by atoms with E-state index in [1.807, 2.05) is 11.8 Å². The van der Waals surface area contributed by atoms with Crippen LogP contribution in [0.4, 0.5) is 0 Å². The van der Waals surface area contributed by atoms with Gasteiger partial charge in [-0.25, -0.2) is 0 Å². The van der Waals surface area contributed by atoms with Crippen LogP contribution in [0.3, 0.4) is 0 Å². The molecular formula is C14H28N4S. The highest BCUT2D eigenvalue weighted by molar-refractivity contribution is 7.99. The summed E-state index contributed by atoms with van der Waals surface area (Å²) >= 11 is 2.03. The van der Waals surface area contributed by atoms with Crippen molar-refractivity contribution < 1.29 is 0 Å². The Hall–Kier alpha value is -0.420. The normalized spacial score (nSPS) is 29.8. The maximum atomic E-state index is 6.21. The molecule has 2 heterocycles. The summed E-state index contributed by atoms with van der Waals surface area (Å²) in [5.41, 5.74) is 6.43. The summed E-state index contributed by atoms with van der Waals surface area (Å²) in [7, 11) is 4.34. The molecule has 0 spiro atoms. The Morgan fingerprint density at radius 2 is 1.95 bits per heavy atom. The lowest BCUT2D eigenvalue weighted by Gasteiger charge is -2.34. The molecule has 0 aromatic carbocycles. The molecule has 5 heteroatoms. The van der Waals surface area contributed by atoms with Gasteiger partial charge in [-0.2, -0.15) is 11.8 Å². The van der Waals surface area contributed by atoms with Gasteiger partial charge < -0.3 is 15.5 Å². The molecule has 19 heavy (non-hydrogen) atoms. The van der Waals surface area contributed by atoms with Crippen molar-refractivity contribution >= 4 is 17.7 Å². The van der Waals surface area contributed by atoms with Crippen molar-refractivity contribution in [1.29, 1.82) is 0 Å². The first-order chi connectivity index (χ1) is 9.14. The smallest absolute Gasteiger partial charge is 0.191 e. The number of aliphatic imine (C=N–C) groups is 1. The summed E-state index contributed by atoms with van der Waals surface area (Å²) in [6.07, 6.45) is 6.40. The number of guanidine groups is 1. The van der Waals surface area contributed by atoms with E-state index in [9.17, 15) is 0 Å². The number of likely N-dealkylation sites (N-methyl/N-ethyl adjacent to an activating group) is 1. The minimum Gasteiger partial charge on any atom is -0.370 e. The van der Waals surface area contributed by atoms with Crippen LogP contribution in [-0.4, -0.2) is 66.5 Å². The second-order valence-electron chi connectivity index (χ2n) is 6.00. The van der Waals surface area contributed by atoms with Crippen LogP contribution >= 0.6 is 11.8 Å². The molecule has 2 fully saturated rings. The van der Waals surface area contributed by atoms with E-state index in [1.54, 1.807) is 0 Å². The zero-order chi connectivity index (χ0) is 13.7. The number of hydrogen-bond donors (Lipinski definition) is 1. The van der Waals surface area contributed by atoms with E-state index >= 15 is 0 Å². The van der Waals surface area contributed by atoms with E-state index in [-0.39, 0.29) is 5.54 Å². The molecule has 0 amide bonds. The third-order valence-electron chi connectivity index (χ3n) is 4.50. The van der Waals surface area contributed by atoms with Crippen LogP contribution in [0, 0.1) is 0 Å². The van der Waals surface area contributed by atoms with Crippen molar-refractivity contribution in [1.82, 2.24) is 9.80 Å². The maximum Gasteiger partial charge on any atom is 0.191 e. The van der Waals surface area contributed by atoms with E-state index in [0.29, 0.717) is 0 Å². The second-order valence-corrected chi connectivity index (χ2v) is 7.10. The Balaban J connectivity index is 1.95. The molecule has 2 aliphatic rings. The van der Waals surface area contributed by atoms with Gasteiger partial charge in [0.1, 0.15) is 0 Å². The Kier molecular flexibility index (Phi) is 5.39. The van der Waals surface area contributed by atoms with Crippen LogP contribution < -0.4 is 5.73 Å². The SMILES string of the molecule is CN(C)C1(CN=C(N)N2CCCCCC2)CCSC1. The first-order valence-corrected chi connectivity index (χ1v) is 8.60. The van der Waals surface area contributed by atoms with Gasteiger partial charge in [-0.15, -0.1) is 0 Å². The number of likely N-dealkylation sites (tertiary alicyclic amines) is 1. The fraction of sp³-hybridized carbons (Fsp3) is 0.929. The van der Waals surface area contributed by atoms with Crippen molar-refractivity contribution in [3.05, 3.63) is 0 Å². The Morgan fingerprint density at radius 1 is 1.26 bits per heavy atom. The van der Waals surface area contributed by atoms with Crippen molar-refractivity contribution in [2.24, 2.45) is 10.7 Å². The lowest BCUT2D eigenvalue weighted by Crippen LogP contribution is -2.48. The number of rotatable bonds is 3. The highest BCUT2D eigenvalue weighted by Gasteiger charge is 2.36. The van der Waals surface area contributed by atoms with Gasteiger partial charge in [-0.3, -0.25) is 4.99 Å². The van der Waals surface area contributed by atoms with Crippen LogP contribution in [0.1, 0.15) is 32.1 Å². The number of hydrogen-bond acceptors (Lipinski definition) is 3. The van der Waals surface area contributed by atoms with Gasteiger partial charge in [0, 0.05) is 24.4 Å². The van der Waals surface area contributed by atoms with Gasteiger partial charge in [-0.1, -0.05) is 12.8 Å². The maximum absolute atomic E-state index is 6.21. The predicted octanol–water partition coefficient (Wildman–Crippen LogP) is 1.61. The van der Waals surface area contributed by atoms with Crippen LogP contribution in [0.25, 0.3) is 0 Å². The molecule has 1 atom stereocenters. The molecule has 0 saturated carbocycles. The van der Waals surface area contributed by atoms with Gasteiger partial charge in [0.2, 0.25) is 0 Å². The fourth-order valence-electron chi connectivity index (χ4n) is 2.84. The van der Waals surface area contributed by atoms with Crippen molar-refractivity contribution in [3.63, 3.8) is 0 Å². The second kappa shape index (κ2) is 6.84. The fourth-order valence-corrected chi connectivity index (χ4v) is 4.39. The monoisotopic (exact) mass is 284 g/mol. The van der Waals surface area contributed by atoms with E-state index in [1.165, 1.54) is 43.6 Å². The van der Waals surface area contributed by atoms with Crippen LogP contribution in [0.2, 0.25) is 0 Å². The number of nitrogens with zero attached hydrogens (tertiary/aromatic N) is 3. The molecule has 2 N–H and O–H groups in total. The molecule has 0 bridgehead atoms. The summed E-state index contributed by atoms with van der Waals surface area (Å²) in [4.78, 5) is 9.35. The van der Waals surface area contributed by atoms with Crippen LogP contribution in [0.5, 0.6) is 0 Å². The van der Waals surface area contributed by atoms with Crippen LogP contribution in [0.15, 0.2) is 4.99 Å². The van der Waals surface area contributed by atoms with E-state index < -0.39 is 0 Å². The molecule has 1 unspecified atom stereocenters. The molecular weight excluding hydrogens is 256 g/mol. The first kappa shape index (κ1) is 15.0. The summed E-state index contributed by atoms with van der Waals surface area (Å²) in [5, 5.41) is 0. The van der Waals surface area contributed by atoms with Crippen LogP contribution in [-0.2, 0) is 0 Å². The molecule has 2 saturated heterocycles. The average molecular weight is 284 g/mol. The van der Waals surface area contributed by atoms with Gasteiger partial charge >= 0.3 is 0 Å². The zero-order valence-electron chi connectivity index (χ0n) is 12.4. The third kappa shape index (κ3) is 3.78. The van der Waals surface area contributed by atoms with Gasteiger partial charge in [0.15, 0.2) is 5.96 Å². The number of nitrogens with two attached hydrogens (primary N) is 1. The number of thioether (sulfide) groups is 1. The van der Waals surface area contributed by atoms with Crippen molar-refractivity contribution in [2.45, 2.75) is 37.6 Å². The van der Waals surface area contributed by atoms with E-state index in [2.05, 4.69) is 23.9 Å². The largest absolute Gasteiger partial charge is 0.370 e. The standard InChI is InChI=1S/C14H28N4S/c1-17(2)14(7-10-19-12-14)11-16-13(15)18-8-5-3-4-6-9-18/h3-12H2,1-2H3,(H2,15,16). The minimum absolute atomic E-state index is 0.223. The van der Waals surface area contributed by atoms with Gasteiger partial charge in [0.25, 0.3) is 0 Å². The van der Waals surface area contributed by atoms with Crippen molar-refractivity contribution in [2.75, 3.05) is 45.2 Å². The Bertz CT molecular complexity index is 303. The zero-order valence-corrected chi connectivity index (χ0v) is 13.2. The highest BCUT2D eigenvalue weighted by atomic mass is 32.2.